The lowest BCUT2D eigenvalue weighted by molar-refractivity contribution is 0.103. The standard InChI is InChI=1S/C16H30BrN/c1-2-15-8-7-11-18(12-15)14-16(13-17)9-5-3-4-6-10-16/h15H,2-14H2,1H3. The second-order valence-corrected chi connectivity index (χ2v) is 7.26. The molecular formula is C16H30BrN. The number of piperidine rings is 1. The van der Waals surface area contributed by atoms with Crippen LogP contribution in [0.25, 0.3) is 0 Å². The Morgan fingerprint density at radius 1 is 1.11 bits per heavy atom. The van der Waals surface area contributed by atoms with Crippen LogP contribution >= 0.6 is 15.9 Å². The molecule has 1 aliphatic carbocycles. The summed E-state index contributed by atoms with van der Waals surface area (Å²) in [5.41, 5.74) is 0.589. The first-order chi connectivity index (χ1) is 8.78. The Bertz CT molecular complexity index is 233. The van der Waals surface area contributed by atoms with Gasteiger partial charge in [0.25, 0.3) is 0 Å². The third-order valence-electron chi connectivity index (χ3n) is 5.19. The topological polar surface area (TPSA) is 3.24 Å². The van der Waals surface area contributed by atoms with Gasteiger partial charge in [-0.05, 0) is 43.6 Å². The van der Waals surface area contributed by atoms with Crippen molar-refractivity contribution in [2.75, 3.05) is 25.0 Å². The number of hydrogen-bond donors (Lipinski definition) is 0. The maximum absolute atomic E-state index is 3.84. The molecule has 1 heterocycles. The van der Waals surface area contributed by atoms with Crippen LogP contribution < -0.4 is 0 Å². The van der Waals surface area contributed by atoms with E-state index in [0.29, 0.717) is 5.41 Å². The fraction of sp³-hybridized carbons (Fsp3) is 1.00. The van der Waals surface area contributed by atoms with Crippen LogP contribution in [0.15, 0.2) is 0 Å². The molecule has 0 aromatic heterocycles. The van der Waals surface area contributed by atoms with Crippen LogP contribution in [0.4, 0.5) is 0 Å². The Balaban J connectivity index is 1.91. The predicted octanol–water partition coefficient (Wildman–Crippen LogP) is 4.84. The fourth-order valence-electron chi connectivity index (χ4n) is 3.92. The zero-order chi connectivity index (χ0) is 12.8. The summed E-state index contributed by atoms with van der Waals surface area (Å²) in [6.07, 6.45) is 13.0. The lowest BCUT2D eigenvalue weighted by atomic mass is 9.81. The van der Waals surface area contributed by atoms with Gasteiger partial charge >= 0.3 is 0 Å². The molecular weight excluding hydrogens is 286 g/mol. The average Bonchev–Trinajstić information content (AvgIpc) is 2.65. The Kier molecular flexibility index (Phi) is 6.00. The number of rotatable bonds is 4. The number of likely N-dealkylation sites (tertiary alicyclic amines) is 1. The minimum atomic E-state index is 0.589. The quantitative estimate of drug-likeness (QED) is 0.530. The molecule has 2 heteroatoms. The highest BCUT2D eigenvalue weighted by Crippen LogP contribution is 2.38. The molecule has 0 amide bonds. The van der Waals surface area contributed by atoms with Gasteiger partial charge in [0.1, 0.15) is 0 Å². The minimum Gasteiger partial charge on any atom is -0.302 e. The molecule has 0 aromatic rings. The van der Waals surface area contributed by atoms with E-state index >= 15 is 0 Å². The van der Waals surface area contributed by atoms with Crippen molar-refractivity contribution in [3.05, 3.63) is 0 Å². The number of hydrogen-bond acceptors (Lipinski definition) is 1. The van der Waals surface area contributed by atoms with Crippen LogP contribution in [0.1, 0.15) is 64.7 Å². The molecule has 0 aromatic carbocycles. The van der Waals surface area contributed by atoms with Crippen LogP contribution in [0, 0.1) is 11.3 Å². The SMILES string of the molecule is CCC1CCCN(CC2(CBr)CCCCCC2)C1. The molecule has 2 fully saturated rings. The lowest BCUT2D eigenvalue weighted by Crippen LogP contribution is -2.43. The van der Waals surface area contributed by atoms with Gasteiger partial charge in [-0.1, -0.05) is 55.0 Å². The summed E-state index contributed by atoms with van der Waals surface area (Å²) >= 11 is 3.84. The largest absolute Gasteiger partial charge is 0.302 e. The highest BCUT2D eigenvalue weighted by atomic mass is 79.9. The maximum Gasteiger partial charge on any atom is 0.0100 e. The van der Waals surface area contributed by atoms with Crippen molar-refractivity contribution in [3.63, 3.8) is 0 Å². The Labute approximate surface area is 122 Å². The summed E-state index contributed by atoms with van der Waals surface area (Å²) in [5, 5.41) is 1.22. The van der Waals surface area contributed by atoms with Crippen molar-refractivity contribution in [2.45, 2.75) is 64.7 Å². The van der Waals surface area contributed by atoms with E-state index in [1.165, 1.54) is 82.8 Å². The van der Waals surface area contributed by atoms with Gasteiger partial charge in [0.2, 0.25) is 0 Å². The molecule has 1 saturated heterocycles. The number of halogens is 1. The highest BCUT2D eigenvalue weighted by Gasteiger charge is 2.33. The molecule has 1 aliphatic heterocycles. The fourth-order valence-corrected chi connectivity index (χ4v) is 4.65. The molecule has 1 saturated carbocycles. The highest BCUT2D eigenvalue weighted by molar-refractivity contribution is 9.09. The molecule has 0 radical (unpaired) electrons. The Morgan fingerprint density at radius 2 is 1.83 bits per heavy atom. The molecule has 0 spiro atoms. The van der Waals surface area contributed by atoms with E-state index < -0.39 is 0 Å². The molecule has 2 rings (SSSR count). The number of alkyl halides is 1. The van der Waals surface area contributed by atoms with Crippen LogP contribution in [0.3, 0.4) is 0 Å². The molecule has 1 unspecified atom stereocenters. The van der Waals surface area contributed by atoms with Gasteiger partial charge < -0.3 is 4.90 Å². The van der Waals surface area contributed by atoms with E-state index in [2.05, 4.69) is 27.8 Å². The van der Waals surface area contributed by atoms with E-state index in [-0.39, 0.29) is 0 Å². The van der Waals surface area contributed by atoms with E-state index in [9.17, 15) is 0 Å². The molecule has 0 bridgehead atoms. The van der Waals surface area contributed by atoms with Gasteiger partial charge in [0, 0.05) is 18.4 Å². The van der Waals surface area contributed by atoms with Gasteiger partial charge in [-0.15, -0.1) is 0 Å². The predicted molar refractivity (Wildman–Crippen MR) is 83.4 cm³/mol. The molecule has 106 valence electrons. The monoisotopic (exact) mass is 315 g/mol. The first-order valence-corrected chi connectivity index (χ1v) is 9.18. The second-order valence-electron chi connectivity index (χ2n) is 6.70. The van der Waals surface area contributed by atoms with Gasteiger partial charge in [0.15, 0.2) is 0 Å². The van der Waals surface area contributed by atoms with Gasteiger partial charge in [-0.25, -0.2) is 0 Å². The molecule has 18 heavy (non-hydrogen) atoms. The van der Waals surface area contributed by atoms with Crippen LogP contribution in [0.2, 0.25) is 0 Å². The van der Waals surface area contributed by atoms with Crippen LogP contribution in [0.5, 0.6) is 0 Å². The second kappa shape index (κ2) is 7.28. The summed E-state index contributed by atoms with van der Waals surface area (Å²) in [5.74, 6) is 0.969. The summed E-state index contributed by atoms with van der Waals surface area (Å²) in [6, 6.07) is 0. The summed E-state index contributed by atoms with van der Waals surface area (Å²) in [4.78, 5) is 2.78. The molecule has 1 atom stereocenters. The van der Waals surface area contributed by atoms with E-state index in [1.807, 2.05) is 0 Å². The summed E-state index contributed by atoms with van der Waals surface area (Å²) < 4.78 is 0. The molecule has 0 N–H and O–H groups in total. The Hall–Kier alpha value is 0.440. The van der Waals surface area contributed by atoms with E-state index in [1.54, 1.807) is 0 Å². The van der Waals surface area contributed by atoms with E-state index in [0.717, 1.165) is 5.92 Å². The van der Waals surface area contributed by atoms with Crippen molar-refractivity contribution in [1.82, 2.24) is 4.90 Å². The minimum absolute atomic E-state index is 0.589. The van der Waals surface area contributed by atoms with Gasteiger partial charge in [0.05, 0.1) is 0 Å². The average molecular weight is 316 g/mol. The van der Waals surface area contributed by atoms with Crippen molar-refractivity contribution >= 4 is 15.9 Å². The summed E-state index contributed by atoms with van der Waals surface area (Å²) in [7, 11) is 0. The van der Waals surface area contributed by atoms with Crippen molar-refractivity contribution < 1.29 is 0 Å². The summed E-state index contributed by atoms with van der Waals surface area (Å²) in [6.45, 7) is 6.44. The van der Waals surface area contributed by atoms with Crippen molar-refractivity contribution in [1.29, 1.82) is 0 Å². The van der Waals surface area contributed by atoms with Crippen molar-refractivity contribution in [3.8, 4) is 0 Å². The van der Waals surface area contributed by atoms with E-state index in [4.69, 9.17) is 0 Å². The smallest absolute Gasteiger partial charge is 0.0100 e. The first-order valence-electron chi connectivity index (χ1n) is 8.06. The van der Waals surface area contributed by atoms with Gasteiger partial charge in [-0.2, -0.15) is 0 Å². The normalized spacial score (nSPS) is 30.0. The maximum atomic E-state index is 3.84. The third-order valence-corrected chi connectivity index (χ3v) is 6.38. The molecule has 2 aliphatic rings. The molecule has 1 nitrogen and oxygen atoms in total. The zero-order valence-electron chi connectivity index (χ0n) is 12.1. The lowest BCUT2D eigenvalue weighted by Gasteiger charge is -2.40. The van der Waals surface area contributed by atoms with Crippen LogP contribution in [-0.4, -0.2) is 29.9 Å². The van der Waals surface area contributed by atoms with Crippen LogP contribution in [-0.2, 0) is 0 Å². The third kappa shape index (κ3) is 3.96. The van der Waals surface area contributed by atoms with Gasteiger partial charge in [-0.3, -0.25) is 0 Å². The van der Waals surface area contributed by atoms with Crippen molar-refractivity contribution in [2.24, 2.45) is 11.3 Å². The number of nitrogens with zero attached hydrogens (tertiary/aromatic N) is 1. The Morgan fingerprint density at radius 3 is 2.44 bits per heavy atom. The zero-order valence-corrected chi connectivity index (χ0v) is 13.7. The first kappa shape index (κ1) is 14.8.